The number of carbonyl (C=O) groups is 2. The topological polar surface area (TPSA) is 81.2 Å². The number of nitrogens with one attached hydrogen (secondary N) is 1. The van der Waals surface area contributed by atoms with Crippen molar-refractivity contribution in [3.8, 4) is 0 Å². The number of hydrogen-bond acceptors (Lipinski definition) is 6. The fourth-order valence-corrected chi connectivity index (χ4v) is 2.51. The number of rotatable bonds is 5. The number of esters is 1. The Morgan fingerprint density at radius 2 is 2.09 bits per heavy atom. The molecule has 2 aromatic rings. The van der Waals surface area contributed by atoms with E-state index < -0.39 is 18.5 Å². The van der Waals surface area contributed by atoms with Crippen molar-refractivity contribution in [2.75, 3.05) is 11.9 Å². The van der Waals surface area contributed by atoms with Crippen molar-refractivity contribution in [2.45, 2.75) is 13.3 Å². The SMILES string of the molecule is CCc1nnsc1C(=O)OCC(=O)Nc1ccc(Cl)c(Cl)c1. The summed E-state index contributed by atoms with van der Waals surface area (Å²) in [5.74, 6) is -1.10. The molecular weight excluding hydrogens is 349 g/mol. The molecule has 0 unspecified atom stereocenters. The first-order valence-corrected chi connectivity index (χ1v) is 7.77. The van der Waals surface area contributed by atoms with E-state index in [0.29, 0.717) is 32.7 Å². The Morgan fingerprint density at radius 1 is 1.32 bits per heavy atom. The Morgan fingerprint density at radius 3 is 2.77 bits per heavy atom. The smallest absolute Gasteiger partial charge is 0.352 e. The van der Waals surface area contributed by atoms with Gasteiger partial charge in [0.05, 0.1) is 15.7 Å². The van der Waals surface area contributed by atoms with Crippen molar-refractivity contribution >= 4 is 52.3 Å². The van der Waals surface area contributed by atoms with Crippen LogP contribution in [0.15, 0.2) is 18.2 Å². The van der Waals surface area contributed by atoms with Crippen molar-refractivity contribution in [1.29, 1.82) is 0 Å². The fraction of sp³-hybridized carbons (Fsp3) is 0.231. The first-order chi connectivity index (χ1) is 10.5. The predicted octanol–water partition coefficient (Wildman–Crippen LogP) is 3.20. The van der Waals surface area contributed by atoms with Crippen LogP contribution in [0.3, 0.4) is 0 Å². The van der Waals surface area contributed by atoms with E-state index in [1.165, 1.54) is 6.07 Å². The molecule has 1 aromatic heterocycles. The monoisotopic (exact) mass is 359 g/mol. The maximum absolute atomic E-state index is 11.8. The van der Waals surface area contributed by atoms with E-state index in [1.807, 2.05) is 6.92 Å². The molecule has 1 amide bonds. The molecule has 0 spiro atoms. The van der Waals surface area contributed by atoms with Crippen LogP contribution in [0.1, 0.15) is 22.3 Å². The molecule has 0 atom stereocenters. The summed E-state index contributed by atoms with van der Waals surface area (Å²) >= 11 is 12.6. The minimum absolute atomic E-state index is 0.310. The zero-order valence-corrected chi connectivity index (χ0v) is 13.8. The summed E-state index contributed by atoms with van der Waals surface area (Å²) in [5.41, 5.74) is 1.02. The first kappa shape index (κ1) is 16.7. The zero-order chi connectivity index (χ0) is 16.1. The first-order valence-electron chi connectivity index (χ1n) is 6.24. The van der Waals surface area contributed by atoms with Crippen LogP contribution in [0.25, 0.3) is 0 Å². The van der Waals surface area contributed by atoms with Gasteiger partial charge in [-0.3, -0.25) is 4.79 Å². The summed E-state index contributed by atoms with van der Waals surface area (Å²) in [7, 11) is 0. The highest BCUT2D eigenvalue weighted by atomic mass is 35.5. The number of amides is 1. The minimum Gasteiger partial charge on any atom is -0.451 e. The van der Waals surface area contributed by atoms with E-state index in [-0.39, 0.29) is 0 Å². The highest BCUT2D eigenvalue weighted by molar-refractivity contribution is 7.07. The van der Waals surface area contributed by atoms with Crippen LogP contribution in [0.5, 0.6) is 0 Å². The summed E-state index contributed by atoms with van der Waals surface area (Å²) in [6.07, 6.45) is 0.566. The molecule has 0 fully saturated rings. The van der Waals surface area contributed by atoms with Crippen LogP contribution >= 0.6 is 34.7 Å². The Bertz CT molecular complexity index is 706. The van der Waals surface area contributed by atoms with Crippen LogP contribution in [0, 0.1) is 0 Å². The molecule has 1 aromatic carbocycles. The molecule has 0 aliphatic carbocycles. The number of hydrogen-bond donors (Lipinski definition) is 1. The molecule has 1 N–H and O–H groups in total. The van der Waals surface area contributed by atoms with Gasteiger partial charge in [0.1, 0.15) is 0 Å². The molecule has 116 valence electrons. The Hall–Kier alpha value is -1.70. The number of nitrogens with zero attached hydrogens (tertiary/aromatic N) is 2. The summed E-state index contributed by atoms with van der Waals surface area (Å²) in [6, 6.07) is 4.66. The van der Waals surface area contributed by atoms with Crippen molar-refractivity contribution in [2.24, 2.45) is 0 Å². The van der Waals surface area contributed by atoms with Crippen molar-refractivity contribution in [3.05, 3.63) is 38.8 Å². The third-order valence-electron chi connectivity index (χ3n) is 2.61. The van der Waals surface area contributed by atoms with Gasteiger partial charge in [-0.05, 0) is 36.2 Å². The molecule has 9 heteroatoms. The second kappa shape index (κ2) is 7.53. The highest BCUT2D eigenvalue weighted by Crippen LogP contribution is 2.24. The quantitative estimate of drug-likeness (QED) is 0.828. The number of halogens is 2. The van der Waals surface area contributed by atoms with Crippen LogP contribution in [0.4, 0.5) is 5.69 Å². The lowest BCUT2D eigenvalue weighted by Crippen LogP contribution is -2.21. The van der Waals surface area contributed by atoms with Gasteiger partial charge in [-0.25, -0.2) is 4.79 Å². The van der Waals surface area contributed by atoms with Gasteiger partial charge >= 0.3 is 5.97 Å². The van der Waals surface area contributed by atoms with Gasteiger partial charge in [-0.1, -0.05) is 34.6 Å². The molecule has 0 radical (unpaired) electrons. The molecule has 0 saturated heterocycles. The zero-order valence-electron chi connectivity index (χ0n) is 11.4. The van der Waals surface area contributed by atoms with E-state index >= 15 is 0 Å². The summed E-state index contributed by atoms with van der Waals surface area (Å²) in [6.45, 7) is 1.44. The second-order valence-electron chi connectivity index (χ2n) is 4.16. The lowest BCUT2D eigenvalue weighted by atomic mass is 10.3. The van der Waals surface area contributed by atoms with Crippen molar-refractivity contribution in [1.82, 2.24) is 9.59 Å². The summed E-state index contributed by atoms with van der Waals surface area (Å²) < 4.78 is 8.63. The third-order valence-corrected chi connectivity index (χ3v) is 4.10. The molecule has 0 bridgehead atoms. The fourth-order valence-electron chi connectivity index (χ4n) is 1.56. The molecule has 0 aliphatic heterocycles. The van der Waals surface area contributed by atoms with Gasteiger partial charge in [-0.2, -0.15) is 0 Å². The van der Waals surface area contributed by atoms with Gasteiger partial charge in [0.15, 0.2) is 11.5 Å². The number of ether oxygens (including phenoxy) is 1. The molecule has 0 saturated carbocycles. The summed E-state index contributed by atoms with van der Waals surface area (Å²) in [5, 5.41) is 7.06. The number of anilines is 1. The standard InChI is InChI=1S/C13H11Cl2N3O3S/c1-2-10-12(22-18-17-10)13(20)21-6-11(19)16-7-3-4-8(14)9(15)5-7/h3-5H,2,6H2,1H3,(H,16,19). The maximum Gasteiger partial charge on any atom is 0.352 e. The average Bonchev–Trinajstić information content (AvgIpc) is 2.97. The van der Waals surface area contributed by atoms with E-state index in [4.69, 9.17) is 27.9 Å². The Labute approximate surface area is 140 Å². The molecule has 2 rings (SSSR count). The number of aromatic nitrogens is 2. The molecule has 22 heavy (non-hydrogen) atoms. The minimum atomic E-state index is -0.615. The summed E-state index contributed by atoms with van der Waals surface area (Å²) in [4.78, 5) is 23.9. The van der Waals surface area contributed by atoms with E-state index in [2.05, 4.69) is 14.9 Å². The maximum atomic E-state index is 11.8. The number of carbonyl (C=O) groups excluding carboxylic acids is 2. The van der Waals surface area contributed by atoms with Gasteiger partial charge in [0.2, 0.25) is 0 Å². The molecule has 6 nitrogen and oxygen atoms in total. The Balaban J connectivity index is 1.90. The van der Waals surface area contributed by atoms with E-state index in [1.54, 1.807) is 12.1 Å². The molecule has 1 heterocycles. The number of benzene rings is 1. The molecular formula is C13H11Cl2N3O3S. The van der Waals surface area contributed by atoms with E-state index in [0.717, 1.165) is 11.5 Å². The average molecular weight is 360 g/mol. The van der Waals surface area contributed by atoms with Crippen LogP contribution in [-0.2, 0) is 16.0 Å². The lowest BCUT2D eigenvalue weighted by Gasteiger charge is -2.07. The lowest BCUT2D eigenvalue weighted by molar-refractivity contribution is -0.119. The van der Waals surface area contributed by atoms with Gasteiger partial charge in [-0.15, -0.1) is 5.10 Å². The molecule has 0 aliphatic rings. The van der Waals surface area contributed by atoms with Gasteiger partial charge < -0.3 is 10.1 Å². The largest absolute Gasteiger partial charge is 0.451 e. The highest BCUT2D eigenvalue weighted by Gasteiger charge is 2.17. The number of aryl methyl sites for hydroxylation is 1. The van der Waals surface area contributed by atoms with Crippen LogP contribution < -0.4 is 5.32 Å². The van der Waals surface area contributed by atoms with E-state index in [9.17, 15) is 9.59 Å². The van der Waals surface area contributed by atoms with Crippen LogP contribution in [0.2, 0.25) is 10.0 Å². The van der Waals surface area contributed by atoms with Gasteiger partial charge in [0.25, 0.3) is 5.91 Å². The normalized spacial score (nSPS) is 10.3. The van der Waals surface area contributed by atoms with Crippen molar-refractivity contribution < 1.29 is 14.3 Å². The predicted molar refractivity (Wildman–Crippen MR) is 84.7 cm³/mol. The third kappa shape index (κ3) is 4.16. The van der Waals surface area contributed by atoms with Gasteiger partial charge in [0, 0.05) is 5.69 Å². The van der Waals surface area contributed by atoms with Crippen LogP contribution in [-0.4, -0.2) is 28.1 Å². The Kier molecular flexibility index (Phi) is 5.70. The van der Waals surface area contributed by atoms with Crippen molar-refractivity contribution in [3.63, 3.8) is 0 Å². The second-order valence-corrected chi connectivity index (χ2v) is 5.72.